The molecular formula is C29H34ClN3O4S. The Labute approximate surface area is 230 Å². The van der Waals surface area contributed by atoms with Crippen molar-refractivity contribution in [2.45, 2.75) is 44.2 Å². The molecule has 1 fully saturated rings. The quantitative estimate of drug-likeness (QED) is 0.350. The monoisotopic (exact) mass is 555 g/mol. The fourth-order valence-electron chi connectivity index (χ4n) is 4.52. The van der Waals surface area contributed by atoms with Crippen LogP contribution < -0.4 is 14.4 Å². The first-order valence-electron chi connectivity index (χ1n) is 12.9. The fourth-order valence-corrected chi connectivity index (χ4v) is 6.07. The van der Waals surface area contributed by atoms with Crippen molar-refractivity contribution in [1.29, 1.82) is 0 Å². The second-order valence-electron chi connectivity index (χ2n) is 9.33. The van der Waals surface area contributed by atoms with Crippen LogP contribution in [0.1, 0.15) is 37.3 Å². The summed E-state index contributed by atoms with van der Waals surface area (Å²) >= 11 is 5.97. The van der Waals surface area contributed by atoms with Gasteiger partial charge in [0.1, 0.15) is 12.3 Å². The highest BCUT2D eigenvalue weighted by Crippen LogP contribution is 2.26. The van der Waals surface area contributed by atoms with E-state index in [0.29, 0.717) is 29.6 Å². The maximum absolute atomic E-state index is 13.6. The van der Waals surface area contributed by atoms with Gasteiger partial charge in [0.25, 0.3) is 10.0 Å². The molecule has 9 heteroatoms. The molecule has 3 aromatic rings. The zero-order valence-corrected chi connectivity index (χ0v) is 23.2. The Bertz CT molecular complexity index is 1310. The smallest absolute Gasteiger partial charge is 0.264 e. The normalized spacial score (nSPS) is 14.2. The highest BCUT2D eigenvalue weighted by atomic mass is 35.5. The molecule has 0 aliphatic carbocycles. The first-order valence-corrected chi connectivity index (χ1v) is 14.7. The molecule has 0 saturated carbocycles. The highest BCUT2D eigenvalue weighted by Gasteiger charge is 2.27. The summed E-state index contributed by atoms with van der Waals surface area (Å²) < 4.78 is 33.7. The number of likely N-dealkylation sites (tertiary alicyclic amines) is 1. The zero-order chi connectivity index (χ0) is 27.0. The Balaban J connectivity index is 1.47. The third-order valence-electron chi connectivity index (χ3n) is 6.46. The van der Waals surface area contributed by atoms with Gasteiger partial charge in [0.15, 0.2) is 0 Å². The predicted molar refractivity (Wildman–Crippen MR) is 151 cm³/mol. The van der Waals surface area contributed by atoms with Crippen LogP contribution in [0.15, 0.2) is 77.7 Å². The van der Waals surface area contributed by atoms with Crippen molar-refractivity contribution >= 4 is 33.2 Å². The Kier molecular flexibility index (Phi) is 9.66. The standard InChI is InChI=1S/C29H34ClN3O4S/c1-2-37-27-13-11-26(12-14-27)33(38(35,36)28-15-9-25(30)10-16-28)22-29(34)31-20-23-7-6-8-24(19-23)21-32-17-4-3-5-18-32/h6-16,19H,2-5,17-18,20-22H2,1H3,(H,31,34). The minimum atomic E-state index is -4.03. The van der Waals surface area contributed by atoms with Crippen LogP contribution >= 0.6 is 11.6 Å². The number of halogens is 1. The van der Waals surface area contributed by atoms with Gasteiger partial charge in [-0.25, -0.2) is 8.42 Å². The Morgan fingerprint density at radius 1 is 0.974 bits per heavy atom. The molecule has 3 aromatic carbocycles. The molecule has 1 heterocycles. The van der Waals surface area contributed by atoms with Crippen LogP contribution in [0.5, 0.6) is 5.75 Å². The molecule has 38 heavy (non-hydrogen) atoms. The molecule has 0 radical (unpaired) electrons. The number of nitrogens with zero attached hydrogens (tertiary/aromatic N) is 2. The molecule has 1 aliphatic heterocycles. The number of rotatable bonds is 11. The van der Waals surface area contributed by atoms with Crippen LogP contribution in [-0.2, 0) is 27.9 Å². The summed E-state index contributed by atoms with van der Waals surface area (Å²) in [5.74, 6) is 0.215. The molecule has 202 valence electrons. The van der Waals surface area contributed by atoms with E-state index in [1.54, 1.807) is 24.3 Å². The number of anilines is 1. The number of hydrogen-bond donors (Lipinski definition) is 1. The van der Waals surface area contributed by atoms with Gasteiger partial charge in [0.05, 0.1) is 17.2 Å². The lowest BCUT2D eigenvalue weighted by molar-refractivity contribution is -0.119. The molecule has 0 aromatic heterocycles. The molecule has 1 saturated heterocycles. The zero-order valence-electron chi connectivity index (χ0n) is 21.6. The lowest BCUT2D eigenvalue weighted by Crippen LogP contribution is -2.40. The second kappa shape index (κ2) is 13.1. The van der Waals surface area contributed by atoms with Gasteiger partial charge in [-0.15, -0.1) is 0 Å². The lowest BCUT2D eigenvalue weighted by atomic mass is 10.1. The van der Waals surface area contributed by atoms with Gasteiger partial charge in [0, 0.05) is 18.1 Å². The molecule has 0 bridgehead atoms. The number of ether oxygens (including phenoxy) is 1. The van der Waals surface area contributed by atoms with Gasteiger partial charge in [-0.05, 0) is 92.5 Å². The first-order chi connectivity index (χ1) is 18.3. The summed E-state index contributed by atoms with van der Waals surface area (Å²) in [6.07, 6.45) is 3.77. The number of piperidine rings is 1. The summed E-state index contributed by atoms with van der Waals surface area (Å²) in [6.45, 7) is 5.44. The maximum atomic E-state index is 13.6. The van der Waals surface area contributed by atoms with Gasteiger partial charge in [-0.2, -0.15) is 0 Å². The third-order valence-corrected chi connectivity index (χ3v) is 8.50. The van der Waals surface area contributed by atoms with Gasteiger partial charge in [-0.1, -0.05) is 42.3 Å². The van der Waals surface area contributed by atoms with Crippen molar-refractivity contribution in [2.24, 2.45) is 0 Å². The summed E-state index contributed by atoms with van der Waals surface area (Å²) in [6, 6.07) is 20.7. The van der Waals surface area contributed by atoms with Crippen molar-refractivity contribution in [3.63, 3.8) is 0 Å². The van der Waals surface area contributed by atoms with Crippen LogP contribution in [0.25, 0.3) is 0 Å². The number of nitrogens with one attached hydrogen (secondary N) is 1. The number of sulfonamides is 1. The van der Waals surface area contributed by atoms with Crippen molar-refractivity contribution in [1.82, 2.24) is 10.2 Å². The van der Waals surface area contributed by atoms with Gasteiger partial charge < -0.3 is 10.1 Å². The molecule has 0 atom stereocenters. The average molecular weight is 556 g/mol. The van der Waals surface area contributed by atoms with Crippen LogP contribution in [0, 0.1) is 0 Å². The molecule has 7 nitrogen and oxygen atoms in total. The van der Waals surface area contributed by atoms with E-state index in [1.807, 2.05) is 19.1 Å². The van der Waals surface area contributed by atoms with E-state index < -0.39 is 15.9 Å². The van der Waals surface area contributed by atoms with E-state index in [-0.39, 0.29) is 11.4 Å². The molecule has 1 N–H and O–H groups in total. The number of amides is 1. The summed E-state index contributed by atoms with van der Waals surface area (Å²) in [5, 5.41) is 3.32. The Hall–Kier alpha value is -3.07. The van der Waals surface area contributed by atoms with Gasteiger partial charge in [0.2, 0.25) is 5.91 Å². The van der Waals surface area contributed by atoms with Crippen LogP contribution in [-0.4, -0.2) is 45.5 Å². The first kappa shape index (κ1) is 28.0. The lowest BCUT2D eigenvalue weighted by Gasteiger charge is -2.26. The highest BCUT2D eigenvalue weighted by molar-refractivity contribution is 7.92. The number of carbonyl (C=O) groups excluding carboxylic acids is 1. The second-order valence-corrected chi connectivity index (χ2v) is 11.6. The summed E-state index contributed by atoms with van der Waals surface area (Å²) in [5.41, 5.74) is 2.54. The number of hydrogen-bond acceptors (Lipinski definition) is 5. The number of carbonyl (C=O) groups is 1. The Morgan fingerprint density at radius 3 is 2.34 bits per heavy atom. The molecular weight excluding hydrogens is 522 g/mol. The Morgan fingerprint density at radius 2 is 1.66 bits per heavy atom. The van der Waals surface area contributed by atoms with E-state index in [0.717, 1.165) is 29.5 Å². The molecule has 0 spiro atoms. The maximum Gasteiger partial charge on any atom is 0.264 e. The predicted octanol–water partition coefficient (Wildman–Crippen LogP) is 5.24. The minimum absolute atomic E-state index is 0.0500. The van der Waals surface area contributed by atoms with Crippen molar-refractivity contribution in [2.75, 3.05) is 30.5 Å². The van der Waals surface area contributed by atoms with E-state index in [4.69, 9.17) is 16.3 Å². The SMILES string of the molecule is CCOc1ccc(N(CC(=O)NCc2cccc(CN3CCCCC3)c2)S(=O)(=O)c2ccc(Cl)cc2)cc1. The largest absolute Gasteiger partial charge is 0.494 e. The van der Waals surface area contributed by atoms with Crippen LogP contribution in [0.4, 0.5) is 5.69 Å². The van der Waals surface area contributed by atoms with Crippen molar-refractivity contribution in [3.8, 4) is 5.75 Å². The van der Waals surface area contributed by atoms with E-state index in [2.05, 4.69) is 22.3 Å². The van der Waals surface area contributed by atoms with Crippen molar-refractivity contribution in [3.05, 3.63) is 88.9 Å². The van der Waals surface area contributed by atoms with Gasteiger partial charge in [-0.3, -0.25) is 14.0 Å². The van der Waals surface area contributed by atoms with E-state index in [9.17, 15) is 13.2 Å². The number of benzene rings is 3. The molecule has 1 amide bonds. The molecule has 4 rings (SSSR count). The molecule has 1 aliphatic rings. The fraction of sp³-hybridized carbons (Fsp3) is 0.345. The van der Waals surface area contributed by atoms with Gasteiger partial charge >= 0.3 is 0 Å². The minimum Gasteiger partial charge on any atom is -0.494 e. The topological polar surface area (TPSA) is 79.0 Å². The third kappa shape index (κ3) is 7.49. The van der Waals surface area contributed by atoms with Crippen molar-refractivity contribution < 1.29 is 17.9 Å². The average Bonchev–Trinajstić information content (AvgIpc) is 2.92. The summed E-state index contributed by atoms with van der Waals surface area (Å²) in [7, 11) is -4.03. The van der Waals surface area contributed by atoms with E-state index >= 15 is 0 Å². The van der Waals surface area contributed by atoms with Crippen LogP contribution in [0.3, 0.4) is 0 Å². The summed E-state index contributed by atoms with van der Waals surface area (Å²) in [4.78, 5) is 15.5. The van der Waals surface area contributed by atoms with Crippen LogP contribution in [0.2, 0.25) is 5.02 Å². The van der Waals surface area contributed by atoms with E-state index in [1.165, 1.54) is 49.1 Å². The molecule has 0 unspecified atom stereocenters.